The summed E-state index contributed by atoms with van der Waals surface area (Å²) in [4.78, 5) is 24.2. The number of aromatic amines is 1. The Morgan fingerprint density at radius 2 is 2.09 bits per heavy atom. The van der Waals surface area contributed by atoms with E-state index in [1.54, 1.807) is 0 Å². The Bertz CT molecular complexity index is 747. The number of aryl methyl sites for hydroxylation is 1. The molecule has 122 valence electrons. The lowest BCUT2D eigenvalue weighted by molar-refractivity contribution is 0.0921. The number of nitrogens with zero attached hydrogens (tertiary/aromatic N) is 1. The number of carbonyl (C=O) groups excluding carboxylic acids is 1. The quantitative estimate of drug-likeness (QED) is 0.627. The van der Waals surface area contributed by atoms with Crippen LogP contribution >= 0.6 is 0 Å². The van der Waals surface area contributed by atoms with Gasteiger partial charge in [0.1, 0.15) is 5.69 Å². The van der Waals surface area contributed by atoms with Gasteiger partial charge in [0.15, 0.2) is 0 Å². The van der Waals surface area contributed by atoms with Crippen LogP contribution in [0.1, 0.15) is 16.1 Å². The zero-order chi connectivity index (χ0) is 16.4. The maximum Gasteiger partial charge on any atom is 0.271 e. The lowest BCUT2D eigenvalue weighted by Crippen LogP contribution is -2.34. The molecule has 1 fully saturated rings. The molecule has 1 amide bonds. The number of hydrogen-bond donors (Lipinski definition) is 4. The van der Waals surface area contributed by atoms with Crippen LogP contribution in [-0.4, -0.2) is 46.5 Å². The fraction of sp³-hybridized carbons (Fsp3) is 0.375. The number of carbonyl (C=O) groups is 1. The molecule has 1 aromatic heterocycles. The summed E-state index contributed by atoms with van der Waals surface area (Å²) in [7, 11) is 0. The number of aliphatic hydroxyl groups excluding tert-OH is 1. The van der Waals surface area contributed by atoms with Crippen LogP contribution < -0.4 is 16.2 Å². The van der Waals surface area contributed by atoms with Gasteiger partial charge in [0.25, 0.3) is 11.5 Å². The SMILES string of the molecule is Cc1ccc(-n2[nH]c(C(=O)NCC3CNCC3O)cc2=O)cc1. The van der Waals surface area contributed by atoms with Crippen molar-refractivity contribution in [1.82, 2.24) is 20.4 Å². The Labute approximate surface area is 133 Å². The van der Waals surface area contributed by atoms with E-state index in [0.717, 1.165) is 5.56 Å². The Hall–Kier alpha value is -2.38. The molecular weight excluding hydrogens is 296 g/mol. The third-order valence-corrected chi connectivity index (χ3v) is 4.09. The van der Waals surface area contributed by atoms with Crippen molar-refractivity contribution in [3.05, 3.63) is 51.9 Å². The summed E-state index contributed by atoms with van der Waals surface area (Å²) < 4.78 is 1.33. The molecule has 7 nitrogen and oxygen atoms in total. The number of β-amino-alcohol motifs (C(OH)–C–C–N with tert-alkyl or cyclic N) is 1. The van der Waals surface area contributed by atoms with E-state index in [1.165, 1.54) is 10.7 Å². The summed E-state index contributed by atoms with van der Waals surface area (Å²) in [5, 5.41) is 18.3. The molecule has 7 heteroatoms. The number of aliphatic hydroxyl groups is 1. The lowest BCUT2D eigenvalue weighted by atomic mass is 10.1. The molecule has 2 aromatic rings. The number of hydrogen-bond acceptors (Lipinski definition) is 4. The monoisotopic (exact) mass is 316 g/mol. The van der Waals surface area contributed by atoms with Crippen LogP contribution in [0.4, 0.5) is 0 Å². The van der Waals surface area contributed by atoms with E-state index in [9.17, 15) is 14.7 Å². The van der Waals surface area contributed by atoms with Gasteiger partial charge in [-0.05, 0) is 19.1 Å². The Kier molecular flexibility index (Phi) is 4.31. The number of rotatable bonds is 4. The summed E-state index contributed by atoms with van der Waals surface area (Å²) in [6, 6.07) is 8.71. The van der Waals surface area contributed by atoms with Crippen molar-refractivity contribution in [1.29, 1.82) is 0 Å². The zero-order valence-electron chi connectivity index (χ0n) is 12.9. The van der Waals surface area contributed by atoms with Gasteiger partial charge in [-0.3, -0.25) is 14.7 Å². The summed E-state index contributed by atoms with van der Waals surface area (Å²) in [5.74, 6) is -0.364. The standard InChI is InChI=1S/C16H20N4O3/c1-10-2-4-12(5-3-10)20-15(22)6-13(19-20)16(23)18-8-11-7-17-9-14(11)21/h2-6,11,14,17,19,21H,7-9H2,1H3,(H,18,23). The minimum atomic E-state index is -0.452. The van der Waals surface area contributed by atoms with E-state index in [2.05, 4.69) is 15.7 Å². The van der Waals surface area contributed by atoms with E-state index in [4.69, 9.17) is 0 Å². The summed E-state index contributed by atoms with van der Waals surface area (Å²) in [6.45, 7) is 3.54. The summed E-state index contributed by atoms with van der Waals surface area (Å²) in [6.07, 6.45) is -0.452. The first-order valence-electron chi connectivity index (χ1n) is 7.60. The number of benzene rings is 1. The highest BCUT2D eigenvalue weighted by atomic mass is 16.3. The molecule has 0 aliphatic carbocycles. The van der Waals surface area contributed by atoms with Gasteiger partial charge in [-0.15, -0.1) is 0 Å². The van der Waals surface area contributed by atoms with Gasteiger partial charge in [0, 0.05) is 31.6 Å². The largest absolute Gasteiger partial charge is 0.391 e. The van der Waals surface area contributed by atoms with E-state index in [-0.39, 0.29) is 23.1 Å². The van der Waals surface area contributed by atoms with Crippen molar-refractivity contribution in [2.24, 2.45) is 5.92 Å². The molecule has 2 atom stereocenters. The second-order valence-corrected chi connectivity index (χ2v) is 5.87. The maximum atomic E-state index is 12.2. The van der Waals surface area contributed by atoms with Crippen molar-refractivity contribution in [3.8, 4) is 5.69 Å². The van der Waals surface area contributed by atoms with Crippen molar-refractivity contribution in [2.45, 2.75) is 13.0 Å². The van der Waals surface area contributed by atoms with Gasteiger partial charge in [0.2, 0.25) is 0 Å². The minimum absolute atomic E-state index is 0.00939. The highest BCUT2D eigenvalue weighted by Gasteiger charge is 2.25. The van der Waals surface area contributed by atoms with Crippen molar-refractivity contribution >= 4 is 5.91 Å². The molecule has 0 radical (unpaired) electrons. The molecule has 1 aromatic carbocycles. The van der Waals surface area contributed by atoms with Gasteiger partial charge in [-0.1, -0.05) is 17.7 Å². The highest BCUT2D eigenvalue weighted by Crippen LogP contribution is 2.08. The topological polar surface area (TPSA) is 99.2 Å². The minimum Gasteiger partial charge on any atom is -0.391 e. The van der Waals surface area contributed by atoms with Crippen molar-refractivity contribution < 1.29 is 9.90 Å². The predicted molar refractivity (Wildman–Crippen MR) is 85.8 cm³/mol. The molecule has 2 heterocycles. The van der Waals surface area contributed by atoms with Crippen LogP contribution in [0.25, 0.3) is 5.69 Å². The molecular formula is C16H20N4O3. The zero-order valence-corrected chi connectivity index (χ0v) is 12.9. The Morgan fingerprint density at radius 1 is 1.35 bits per heavy atom. The molecule has 23 heavy (non-hydrogen) atoms. The average molecular weight is 316 g/mol. The molecule has 0 saturated carbocycles. The third-order valence-electron chi connectivity index (χ3n) is 4.09. The van der Waals surface area contributed by atoms with E-state index < -0.39 is 6.10 Å². The fourth-order valence-electron chi connectivity index (χ4n) is 2.64. The third kappa shape index (κ3) is 3.35. The summed E-state index contributed by atoms with van der Waals surface area (Å²) >= 11 is 0. The van der Waals surface area contributed by atoms with Crippen LogP contribution in [-0.2, 0) is 0 Å². The molecule has 3 rings (SSSR count). The first-order chi connectivity index (χ1) is 11.0. The maximum absolute atomic E-state index is 12.2. The Morgan fingerprint density at radius 3 is 2.74 bits per heavy atom. The van der Waals surface area contributed by atoms with Crippen LogP contribution in [0, 0.1) is 12.8 Å². The molecule has 1 aliphatic rings. The number of amides is 1. The fourth-order valence-corrected chi connectivity index (χ4v) is 2.64. The molecule has 2 unspecified atom stereocenters. The van der Waals surface area contributed by atoms with E-state index in [0.29, 0.717) is 25.3 Å². The molecule has 0 bridgehead atoms. The van der Waals surface area contributed by atoms with E-state index in [1.807, 2.05) is 31.2 Å². The molecule has 4 N–H and O–H groups in total. The van der Waals surface area contributed by atoms with Crippen LogP contribution in [0.3, 0.4) is 0 Å². The summed E-state index contributed by atoms with van der Waals surface area (Å²) in [5.41, 5.74) is 1.68. The van der Waals surface area contributed by atoms with E-state index >= 15 is 0 Å². The number of aromatic nitrogens is 2. The van der Waals surface area contributed by atoms with Crippen LogP contribution in [0.5, 0.6) is 0 Å². The van der Waals surface area contributed by atoms with Crippen LogP contribution in [0.2, 0.25) is 0 Å². The van der Waals surface area contributed by atoms with Crippen molar-refractivity contribution in [2.75, 3.05) is 19.6 Å². The predicted octanol–water partition coefficient (Wildman–Crippen LogP) is -0.216. The Balaban J connectivity index is 1.71. The lowest BCUT2D eigenvalue weighted by Gasteiger charge is -2.13. The second kappa shape index (κ2) is 6.39. The first kappa shape index (κ1) is 15.5. The van der Waals surface area contributed by atoms with Gasteiger partial charge in [0.05, 0.1) is 11.8 Å². The second-order valence-electron chi connectivity index (χ2n) is 5.87. The molecule has 1 saturated heterocycles. The van der Waals surface area contributed by atoms with Crippen LogP contribution in [0.15, 0.2) is 35.1 Å². The van der Waals surface area contributed by atoms with Crippen molar-refractivity contribution in [3.63, 3.8) is 0 Å². The van der Waals surface area contributed by atoms with Gasteiger partial charge >= 0.3 is 0 Å². The van der Waals surface area contributed by atoms with Gasteiger partial charge in [-0.2, -0.15) is 0 Å². The van der Waals surface area contributed by atoms with Gasteiger partial charge < -0.3 is 15.7 Å². The van der Waals surface area contributed by atoms with Gasteiger partial charge in [-0.25, -0.2) is 4.68 Å². The normalized spacial score (nSPS) is 20.6. The average Bonchev–Trinajstić information content (AvgIpc) is 3.12. The molecule has 0 spiro atoms. The smallest absolute Gasteiger partial charge is 0.271 e. The number of H-pyrrole nitrogens is 1. The first-order valence-corrected chi connectivity index (χ1v) is 7.60. The molecule has 1 aliphatic heterocycles. The number of nitrogens with one attached hydrogen (secondary N) is 3. The highest BCUT2D eigenvalue weighted by molar-refractivity contribution is 5.92.